The number of nitrogens with one attached hydrogen (secondary N) is 1. The van der Waals surface area contributed by atoms with Crippen LogP contribution in [0.15, 0.2) is 60.8 Å². The number of hydrogen-bond donors (Lipinski definition) is 2. The highest BCUT2D eigenvalue weighted by Crippen LogP contribution is 2.18. The molecule has 3 aromatic rings. The van der Waals surface area contributed by atoms with Gasteiger partial charge >= 0.3 is 0 Å². The highest BCUT2D eigenvalue weighted by Gasteiger charge is 2.08. The van der Waals surface area contributed by atoms with Crippen molar-refractivity contribution in [3.8, 4) is 11.4 Å². The van der Waals surface area contributed by atoms with Crippen LogP contribution in [0.1, 0.15) is 11.5 Å². The van der Waals surface area contributed by atoms with Crippen LogP contribution >= 0.6 is 0 Å². The topological polar surface area (TPSA) is 50.1 Å². The van der Waals surface area contributed by atoms with Crippen LogP contribution < -0.4 is 5.32 Å². The predicted octanol–water partition coefficient (Wildman–Crippen LogP) is 3.50. The van der Waals surface area contributed by atoms with Crippen molar-refractivity contribution in [2.75, 3.05) is 5.32 Å². The summed E-state index contributed by atoms with van der Waals surface area (Å²) in [6.07, 6.45) is 1.87. The summed E-state index contributed by atoms with van der Waals surface area (Å²) in [6.45, 7) is 2.63. The lowest BCUT2D eigenvalue weighted by Crippen LogP contribution is -2.07. The fourth-order valence-electron chi connectivity index (χ4n) is 2.35. The first-order valence-corrected chi connectivity index (χ1v) is 6.85. The van der Waals surface area contributed by atoms with Crippen molar-refractivity contribution in [1.82, 2.24) is 9.55 Å². The first-order valence-electron chi connectivity index (χ1n) is 6.85. The van der Waals surface area contributed by atoms with Crippen LogP contribution in [0.2, 0.25) is 0 Å². The van der Waals surface area contributed by atoms with E-state index in [0.29, 0.717) is 6.54 Å². The SMILES string of the molecule is Cc1ncc(CNc2cccc(O)c2)n1-c1ccccc1. The van der Waals surface area contributed by atoms with Crippen molar-refractivity contribution < 1.29 is 5.11 Å². The Morgan fingerprint density at radius 3 is 2.67 bits per heavy atom. The molecule has 4 nitrogen and oxygen atoms in total. The molecule has 2 N–H and O–H groups in total. The van der Waals surface area contributed by atoms with Crippen LogP contribution in [-0.4, -0.2) is 14.7 Å². The second-order valence-electron chi connectivity index (χ2n) is 4.87. The quantitative estimate of drug-likeness (QED) is 0.768. The third-order valence-electron chi connectivity index (χ3n) is 3.35. The van der Waals surface area contributed by atoms with Gasteiger partial charge in [0, 0.05) is 17.4 Å². The van der Waals surface area contributed by atoms with Crippen molar-refractivity contribution in [1.29, 1.82) is 0 Å². The zero-order valence-electron chi connectivity index (χ0n) is 11.8. The molecule has 0 spiro atoms. The second-order valence-corrected chi connectivity index (χ2v) is 4.87. The minimum absolute atomic E-state index is 0.257. The Bertz CT molecular complexity index is 735. The van der Waals surface area contributed by atoms with Crippen LogP contribution in [0.3, 0.4) is 0 Å². The van der Waals surface area contributed by atoms with Gasteiger partial charge in [-0.25, -0.2) is 4.98 Å². The largest absolute Gasteiger partial charge is 0.508 e. The fourth-order valence-corrected chi connectivity index (χ4v) is 2.35. The summed E-state index contributed by atoms with van der Waals surface area (Å²) < 4.78 is 2.12. The summed E-state index contributed by atoms with van der Waals surface area (Å²) in [5.41, 5.74) is 3.05. The van der Waals surface area contributed by atoms with Crippen molar-refractivity contribution in [2.45, 2.75) is 13.5 Å². The van der Waals surface area contributed by atoms with E-state index in [4.69, 9.17) is 0 Å². The van der Waals surface area contributed by atoms with E-state index < -0.39 is 0 Å². The number of aromatic hydroxyl groups is 1. The molecule has 21 heavy (non-hydrogen) atoms. The number of rotatable bonds is 4. The maximum Gasteiger partial charge on any atom is 0.117 e. The summed E-state index contributed by atoms with van der Waals surface area (Å²) >= 11 is 0. The molecule has 2 aromatic carbocycles. The van der Waals surface area contributed by atoms with Gasteiger partial charge < -0.3 is 10.4 Å². The molecule has 0 aliphatic heterocycles. The molecule has 0 amide bonds. The molecule has 106 valence electrons. The number of phenols is 1. The molecule has 0 bridgehead atoms. The van der Waals surface area contributed by atoms with Gasteiger partial charge in [0.25, 0.3) is 0 Å². The Morgan fingerprint density at radius 2 is 1.90 bits per heavy atom. The van der Waals surface area contributed by atoms with Crippen LogP contribution in [0.4, 0.5) is 5.69 Å². The van der Waals surface area contributed by atoms with Gasteiger partial charge in [0.05, 0.1) is 18.4 Å². The third kappa shape index (κ3) is 2.89. The van der Waals surface area contributed by atoms with Gasteiger partial charge in [-0.1, -0.05) is 24.3 Å². The Labute approximate surface area is 123 Å². The molecule has 1 aromatic heterocycles. The number of aromatic nitrogens is 2. The summed E-state index contributed by atoms with van der Waals surface area (Å²) in [5, 5.41) is 12.8. The standard InChI is InChI=1S/C17H17N3O/c1-13-18-11-16(20(13)15-7-3-2-4-8-15)12-19-14-6-5-9-17(21)10-14/h2-11,19,21H,12H2,1H3. The smallest absolute Gasteiger partial charge is 0.117 e. The number of hydrogen-bond acceptors (Lipinski definition) is 3. The van der Waals surface area contributed by atoms with E-state index in [1.54, 1.807) is 12.1 Å². The molecule has 0 atom stereocenters. The van der Waals surface area contributed by atoms with Gasteiger partial charge in [-0.3, -0.25) is 4.57 Å². The van der Waals surface area contributed by atoms with Crippen molar-refractivity contribution in [3.05, 3.63) is 72.3 Å². The van der Waals surface area contributed by atoms with E-state index in [1.807, 2.05) is 43.5 Å². The number of para-hydroxylation sites is 1. The number of phenolic OH excluding ortho intramolecular Hbond substituents is 1. The molecule has 0 saturated heterocycles. The van der Waals surface area contributed by atoms with E-state index >= 15 is 0 Å². The molecule has 0 radical (unpaired) electrons. The molecule has 0 unspecified atom stereocenters. The lowest BCUT2D eigenvalue weighted by atomic mass is 10.3. The number of anilines is 1. The lowest BCUT2D eigenvalue weighted by molar-refractivity contribution is 0.475. The van der Waals surface area contributed by atoms with Gasteiger partial charge in [0.2, 0.25) is 0 Å². The Hall–Kier alpha value is -2.75. The first kappa shape index (κ1) is 13.2. The third-order valence-corrected chi connectivity index (χ3v) is 3.35. The number of benzene rings is 2. The van der Waals surface area contributed by atoms with E-state index in [2.05, 4.69) is 27.0 Å². The zero-order chi connectivity index (χ0) is 14.7. The van der Waals surface area contributed by atoms with Gasteiger partial charge in [0.1, 0.15) is 11.6 Å². The van der Waals surface area contributed by atoms with E-state index in [1.165, 1.54) is 0 Å². The molecule has 0 aliphatic rings. The number of imidazole rings is 1. The minimum atomic E-state index is 0.257. The predicted molar refractivity (Wildman–Crippen MR) is 83.7 cm³/mol. The summed E-state index contributed by atoms with van der Waals surface area (Å²) in [5.74, 6) is 1.21. The van der Waals surface area contributed by atoms with Crippen LogP contribution in [-0.2, 0) is 6.54 Å². The molecule has 1 heterocycles. The maximum absolute atomic E-state index is 9.49. The molecular formula is C17H17N3O. The van der Waals surface area contributed by atoms with E-state index in [0.717, 1.165) is 22.9 Å². The molecule has 0 aliphatic carbocycles. The summed E-state index contributed by atoms with van der Waals surface area (Å²) in [7, 11) is 0. The average Bonchev–Trinajstić information content (AvgIpc) is 2.87. The van der Waals surface area contributed by atoms with Crippen molar-refractivity contribution in [3.63, 3.8) is 0 Å². The maximum atomic E-state index is 9.49. The number of aryl methyl sites for hydroxylation is 1. The fraction of sp³-hybridized carbons (Fsp3) is 0.118. The van der Waals surface area contributed by atoms with Gasteiger partial charge in [-0.05, 0) is 31.2 Å². The Morgan fingerprint density at radius 1 is 1.10 bits per heavy atom. The monoisotopic (exact) mass is 279 g/mol. The van der Waals surface area contributed by atoms with Crippen molar-refractivity contribution in [2.24, 2.45) is 0 Å². The Balaban J connectivity index is 1.84. The first-order chi connectivity index (χ1) is 10.2. The second kappa shape index (κ2) is 5.71. The highest BCUT2D eigenvalue weighted by atomic mass is 16.3. The van der Waals surface area contributed by atoms with Crippen LogP contribution in [0, 0.1) is 6.92 Å². The van der Waals surface area contributed by atoms with Gasteiger partial charge in [-0.15, -0.1) is 0 Å². The zero-order valence-corrected chi connectivity index (χ0v) is 11.8. The molecule has 4 heteroatoms. The Kier molecular flexibility index (Phi) is 3.60. The molecule has 0 saturated carbocycles. The van der Waals surface area contributed by atoms with Crippen LogP contribution in [0.5, 0.6) is 5.75 Å². The van der Waals surface area contributed by atoms with E-state index in [9.17, 15) is 5.11 Å². The van der Waals surface area contributed by atoms with Crippen LogP contribution in [0.25, 0.3) is 5.69 Å². The summed E-state index contributed by atoms with van der Waals surface area (Å²) in [4.78, 5) is 4.40. The summed E-state index contributed by atoms with van der Waals surface area (Å²) in [6, 6.07) is 17.3. The molecule has 3 rings (SSSR count). The molecular weight excluding hydrogens is 262 g/mol. The van der Waals surface area contributed by atoms with Gasteiger partial charge in [0.15, 0.2) is 0 Å². The normalized spacial score (nSPS) is 10.5. The highest BCUT2D eigenvalue weighted by molar-refractivity contribution is 5.48. The minimum Gasteiger partial charge on any atom is -0.508 e. The van der Waals surface area contributed by atoms with Gasteiger partial charge in [-0.2, -0.15) is 0 Å². The number of nitrogens with zero attached hydrogens (tertiary/aromatic N) is 2. The van der Waals surface area contributed by atoms with E-state index in [-0.39, 0.29) is 5.75 Å². The lowest BCUT2D eigenvalue weighted by Gasteiger charge is -2.12. The van der Waals surface area contributed by atoms with Crippen molar-refractivity contribution >= 4 is 5.69 Å². The average molecular weight is 279 g/mol. The molecule has 0 fully saturated rings.